The van der Waals surface area contributed by atoms with Crippen molar-refractivity contribution in [3.63, 3.8) is 0 Å². The molecule has 2 nitrogen and oxygen atoms in total. The van der Waals surface area contributed by atoms with E-state index >= 15 is 0 Å². The Balaban J connectivity index is 2.35. The Morgan fingerprint density at radius 3 is 2.93 bits per heavy atom. The third-order valence-electron chi connectivity index (χ3n) is 2.98. The minimum atomic E-state index is -0.276. The molecule has 1 aliphatic rings. The predicted octanol–water partition coefficient (Wildman–Crippen LogP) is 1.05. The van der Waals surface area contributed by atoms with E-state index in [0.717, 1.165) is 25.1 Å². The lowest BCUT2D eigenvalue weighted by Gasteiger charge is -2.26. The van der Waals surface area contributed by atoms with Crippen molar-refractivity contribution in [2.24, 2.45) is 0 Å². The van der Waals surface area contributed by atoms with Crippen LogP contribution in [0.1, 0.15) is 12.0 Å². The maximum Gasteiger partial charge on any atom is 0.123 e. The van der Waals surface area contributed by atoms with Crippen LogP contribution in [0.2, 0.25) is 0 Å². The Hall–Kier alpha value is -0.930. The molecule has 1 fully saturated rings. The van der Waals surface area contributed by atoms with Crippen molar-refractivity contribution in [2.75, 3.05) is 19.7 Å². The molecule has 0 aromatic heterocycles. The lowest BCUT2D eigenvalue weighted by Crippen LogP contribution is -2.33. The summed E-state index contributed by atoms with van der Waals surface area (Å²) in [4.78, 5) is 0. The smallest absolute Gasteiger partial charge is 0.123 e. The summed E-state index contributed by atoms with van der Waals surface area (Å²) in [5.41, 5.74) is 0.618. The molecule has 1 aromatic carbocycles. The molecule has 1 aliphatic heterocycles. The van der Waals surface area contributed by atoms with Crippen molar-refractivity contribution < 1.29 is 9.50 Å². The Morgan fingerprint density at radius 1 is 1.50 bits per heavy atom. The van der Waals surface area contributed by atoms with Crippen molar-refractivity contribution in [1.82, 2.24) is 5.32 Å². The van der Waals surface area contributed by atoms with Crippen molar-refractivity contribution in [2.45, 2.75) is 11.8 Å². The highest BCUT2D eigenvalue weighted by atomic mass is 19.1. The van der Waals surface area contributed by atoms with Crippen molar-refractivity contribution in [1.29, 1.82) is 0 Å². The number of benzene rings is 1. The number of hydrogen-bond donors (Lipinski definition) is 2. The number of aliphatic hydroxyl groups excluding tert-OH is 1. The first-order valence-electron chi connectivity index (χ1n) is 4.84. The van der Waals surface area contributed by atoms with E-state index in [4.69, 9.17) is 0 Å². The zero-order valence-corrected chi connectivity index (χ0v) is 7.96. The average Bonchev–Trinajstić information content (AvgIpc) is 2.67. The molecule has 3 heteroatoms. The highest BCUT2D eigenvalue weighted by Crippen LogP contribution is 2.30. The van der Waals surface area contributed by atoms with Gasteiger partial charge in [0.25, 0.3) is 0 Å². The molecule has 1 atom stereocenters. The molecule has 0 unspecified atom stereocenters. The minimum absolute atomic E-state index is 0.0729. The molecule has 0 radical (unpaired) electrons. The monoisotopic (exact) mass is 195 g/mol. The SMILES string of the molecule is OC[C@]1(c2cccc(F)c2)CCNC1. The molecule has 0 spiro atoms. The van der Waals surface area contributed by atoms with E-state index in [1.54, 1.807) is 6.07 Å². The van der Waals surface area contributed by atoms with Crippen LogP contribution in [0.4, 0.5) is 4.39 Å². The molecule has 1 aromatic rings. The Morgan fingerprint density at radius 2 is 2.36 bits per heavy atom. The molecule has 2 rings (SSSR count). The lowest BCUT2D eigenvalue weighted by molar-refractivity contribution is 0.205. The van der Waals surface area contributed by atoms with Crippen molar-refractivity contribution >= 4 is 0 Å². The van der Waals surface area contributed by atoms with E-state index in [-0.39, 0.29) is 17.8 Å². The van der Waals surface area contributed by atoms with Crippen LogP contribution >= 0.6 is 0 Å². The summed E-state index contributed by atoms with van der Waals surface area (Å²) >= 11 is 0. The number of halogens is 1. The van der Waals surface area contributed by atoms with Crippen LogP contribution in [0.15, 0.2) is 24.3 Å². The molecule has 0 bridgehead atoms. The molecule has 14 heavy (non-hydrogen) atoms. The molecule has 2 N–H and O–H groups in total. The van der Waals surface area contributed by atoms with Gasteiger partial charge >= 0.3 is 0 Å². The standard InChI is InChI=1S/C11H14FNO/c12-10-3-1-2-9(6-10)11(8-14)4-5-13-7-11/h1-3,6,13-14H,4-5,7-8H2/t11-/m0/s1. The normalized spacial score (nSPS) is 26.7. The first-order valence-corrected chi connectivity index (χ1v) is 4.84. The van der Waals surface area contributed by atoms with E-state index in [1.807, 2.05) is 6.07 Å². The zero-order chi connectivity index (χ0) is 10.0. The predicted molar refractivity (Wildman–Crippen MR) is 52.7 cm³/mol. The number of rotatable bonds is 2. The molecular formula is C11H14FNO. The van der Waals surface area contributed by atoms with E-state index in [0.29, 0.717) is 0 Å². The second-order valence-electron chi connectivity index (χ2n) is 3.88. The number of aliphatic hydroxyl groups is 1. The Kier molecular flexibility index (Phi) is 2.52. The van der Waals surface area contributed by atoms with E-state index in [9.17, 15) is 9.50 Å². The van der Waals surface area contributed by atoms with Crippen LogP contribution in [0.25, 0.3) is 0 Å². The lowest BCUT2D eigenvalue weighted by atomic mass is 9.80. The molecule has 76 valence electrons. The van der Waals surface area contributed by atoms with E-state index in [1.165, 1.54) is 12.1 Å². The van der Waals surface area contributed by atoms with Gasteiger partial charge in [-0.05, 0) is 30.7 Å². The third kappa shape index (κ3) is 1.53. The average molecular weight is 195 g/mol. The van der Waals surface area contributed by atoms with Gasteiger partial charge in [0, 0.05) is 12.0 Å². The summed E-state index contributed by atoms with van der Waals surface area (Å²) < 4.78 is 13.0. The van der Waals surface area contributed by atoms with Crippen molar-refractivity contribution in [3.8, 4) is 0 Å². The molecule has 0 amide bonds. The second-order valence-corrected chi connectivity index (χ2v) is 3.88. The van der Waals surface area contributed by atoms with Crippen molar-refractivity contribution in [3.05, 3.63) is 35.6 Å². The highest BCUT2D eigenvalue weighted by Gasteiger charge is 2.34. The summed E-state index contributed by atoms with van der Waals surface area (Å²) in [5, 5.41) is 12.6. The van der Waals surface area contributed by atoms with E-state index < -0.39 is 0 Å². The minimum Gasteiger partial charge on any atom is -0.395 e. The summed E-state index contributed by atoms with van der Waals surface area (Å²) in [6, 6.07) is 6.52. The van der Waals surface area contributed by atoms with Gasteiger partial charge in [0.15, 0.2) is 0 Å². The van der Waals surface area contributed by atoms with Gasteiger partial charge in [-0.1, -0.05) is 12.1 Å². The largest absolute Gasteiger partial charge is 0.395 e. The van der Waals surface area contributed by atoms with Gasteiger partial charge in [-0.15, -0.1) is 0 Å². The quantitative estimate of drug-likeness (QED) is 0.739. The summed E-state index contributed by atoms with van der Waals surface area (Å²) in [5.74, 6) is -0.234. The van der Waals surface area contributed by atoms with Crippen LogP contribution in [0.5, 0.6) is 0 Å². The molecule has 1 heterocycles. The zero-order valence-electron chi connectivity index (χ0n) is 7.96. The van der Waals surface area contributed by atoms with Crippen LogP contribution in [0, 0.1) is 5.82 Å². The third-order valence-corrected chi connectivity index (χ3v) is 2.98. The topological polar surface area (TPSA) is 32.3 Å². The molecule has 0 saturated carbocycles. The summed E-state index contributed by atoms with van der Waals surface area (Å²) in [6.45, 7) is 1.69. The number of hydrogen-bond acceptors (Lipinski definition) is 2. The van der Waals surface area contributed by atoms with Gasteiger partial charge in [0.2, 0.25) is 0 Å². The number of nitrogens with one attached hydrogen (secondary N) is 1. The van der Waals surface area contributed by atoms with Gasteiger partial charge in [-0.3, -0.25) is 0 Å². The first-order chi connectivity index (χ1) is 6.77. The summed E-state index contributed by atoms with van der Waals surface area (Å²) in [6.07, 6.45) is 0.868. The highest BCUT2D eigenvalue weighted by molar-refractivity contribution is 5.28. The fraction of sp³-hybridized carbons (Fsp3) is 0.455. The van der Waals surface area contributed by atoms with Gasteiger partial charge in [0.05, 0.1) is 6.61 Å². The van der Waals surface area contributed by atoms with Crippen LogP contribution in [0.3, 0.4) is 0 Å². The fourth-order valence-electron chi connectivity index (χ4n) is 2.03. The van der Waals surface area contributed by atoms with Gasteiger partial charge in [-0.2, -0.15) is 0 Å². The van der Waals surface area contributed by atoms with Gasteiger partial charge in [0.1, 0.15) is 5.82 Å². The maximum absolute atomic E-state index is 13.0. The molecule has 0 aliphatic carbocycles. The Labute approximate surface area is 82.8 Å². The van der Waals surface area contributed by atoms with Gasteiger partial charge < -0.3 is 10.4 Å². The Bertz CT molecular complexity index is 321. The van der Waals surface area contributed by atoms with Gasteiger partial charge in [-0.25, -0.2) is 4.39 Å². The van der Waals surface area contributed by atoms with Crippen LogP contribution in [-0.2, 0) is 5.41 Å². The van der Waals surface area contributed by atoms with Crippen LogP contribution in [-0.4, -0.2) is 24.8 Å². The summed E-state index contributed by atoms with van der Waals surface area (Å²) in [7, 11) is 0. The molecule has 1 saturated heterocycles. The second kappa shape index (κ2) is 3.67. The molecular weight excluding hydrogens is 181 g/mol. The van der Waals surface area contributed by atoms with E-state index in [2.05, 4.69) is 5.32 Å². The van der Waals surface area contributed by atoms with Crippen LogP contribution < -0.4 is 5.32 Å². The first kappa shape index (κ1) is 9.62. The maximum atomic E-state index is 13.0. The fourth-order valence-corrected chi connectivity index (χ4v) is 2.03.